The molecule has 0 spiro atoms. The molecule has 2 nitrogen and oxygen atoms in total. The van der Waals surface area contributed by atoms with E-state index < -0.39 is 0 Å². The second-order valence-electron chi connectivity index (χ2n) is 5.01. The van der Waals surface area contributed by atoms with E-state index in [2.05, 4.69) is 24.0 Å². The number of nitrogens with one attached hydrogen (secondary N) is 1. The molecule has 0 saturated heterocycles. The van der Waals surface area contributed by atoms with Crippen LogP contribution >= 0.6 is 0 Å². The summed E-state index contributed by atoms with van der Waals surface area (Å²) in [5.74, 6) is 0.896. The topological polar surface area (TPSA) is 21.3 Å². The lowest BCUT2D eigenvalue weighted by Crippen LogP contribution is -2.06. The maximum absolute atomic E-state index is 5.62. The van der Waals surface area contributed by atoms with Crippen molar-refractivity contribution in [2.75, 3.05) is 11.9 Å². The maximum atomic E-state index is 5.62. The van der Waals surface area contributed by atoms with Crippen LogP contribution in [0.25, 0.3) is 5.57 Å². The zero-order chi connectivity index (χ0) is 14.4. The van der Waals surface area contributed by atoms with Gasteiger partial charge in [0.05, 0.1) is 6.10 Å². The van der Waals surface area contributed by atoms with E-state index in [9.17, 15) is 0 Å². The van der Waals surface area contributed by atoms with Gasteiger partial charge >= 0.3 is 0 Å². The highest BCUT2D eigenvalue weighted by molar-refractivity contribution is 5.67. The predicted molar refractivity (Wildman–Crippen MR) is 86.2 cm³/mol. The van der Waals surface area contributed by atoms with Crippen LogP contribution in [0.4, 0.5) is 5.69 Å². The minimum absolute atomic E-state index is 0.201. The number of rotatable bonds is 6. The fourth-order valence-electron chi connectivity index (χ4n) is 1.91. The zero-order valence-electron chi connectivity index (χ0n) is 12.1. The molecule has 104 valence electrons. The SMILES string of the molecule is C=C(CNc1ccc(OC(C)C)cc1)c1ccccc1. The lowest BCUT2D eigenvalue weighted by atomic mass is 10.1. The summed E-state index contributed by atoms with van der Waals surface area (Å²) in [4.78, 5) is 0. The van der Waals surface area contributed by atoms with E-state index in [1.807, 2.05) is 56.3 Å². The van der Waals surface area contributed by atoms with Crippen LogP contribution in [-0.2, 0) is 0 Å². The van der Waals surface area contributed by atoms with Gasteiger partial charge in [0.2, 0.25) is 0 Å². The van der Waals surface area contributed by atoms with Gasteiger partial charge < -0.3 is 10.1 Å². The number of benzene rings is 2. The van der Waals surface area contributed by atoms with Crippen LogP contribution in [0.1, 0.15) is 19.4 Å². The van der Waals surface area contributed by atoms with E-state index >= 15 is 0 Å². The van der Waals surface area contributed by atoms with Crippen LogP contribution < -0.4 is 10.1 Å². The van der Waals surface area contributed by atoms with Crippen LogP contribution in [0.15, 0.2) is 61.2 Å². The summed E-state index contributed by atoms with van der Waals surface area (Å²) in [6.07, 6.45) is 0.201. The lowest BCUT2D eigenvalue weighted by molar-refractivity contribution is 0.242. The van der Waals surface area contributed by atoms with Gasteiger partial charge in [0.1, 0.15) is 5.75 Å². The maximum Gasteiger partial charge on any atom is 0.119 e. The summed E-state index contributed by atoms with van der Waals surface area (Å²) < 4.78 is 5.62. The van der Waals surface area contributed by atoms with Gasteiger partial charge in [0, 0.05) is 12.2 Å². The fourth-order valence-corrected chi connectivity index (χ4v) is 1.91. The van der Waals surface area contributed by atoms with E-state index in [4.69, 9.17) is 4.74 Å². The molecule has 0 radical (unpaired) electrons. The highest BCUT2D eigenvalue weighted by Gasteiger charge is 2.00. The third-order valence-corrected chi connectivity index (χ3v) is 2.91. The van der Waals surface area contributed by atoms with Gasteiger partial charge in [-0.15, -0.1) is 0 Å². The van der Waals surface area contributed by atoms with Crippen molar-refractivity contribution >= 4 is 11.3 Å². The molecule has 0 unspecified atom stereocenters. The first-order valence-corrected chi connectivity index (χ1v) is 6.89. The van der Waals surface area contributed by atoms with E-state index in [0.717, 1.165) is 23.6 Å². The second kappa shape index (κ2) is 6.80. The number of hydrogen-bond donors (Lipinski definition) is 1. The second-order valence-corrected chi connectivity index (χ2v) is 5.01. The van der Waals surface area contributed by atoms with Crippen molar-refractivity contribution in [1.82, 2.24) is 0 Å². The van der Waals surface area contributed by atoms with Crippen LogP contribution in [0, 0.1) is 0 Å². The van der Waals surface area contributed by atoms with E-state index in [0.29, 0.717) is 0 Å². The van der Waals surface area contributed by atoms with E-state index in [-0.39, 0.29) is 6.10 Å². The predicted octanol–water partition coefficient (Wildman–Crippen LogP) is 4.60. The summed E-state index contributed by atoms with van der Waals surface area (Å²) in [7, 11) is 0. The molecule has 0 amide bonds. The highest BCUT2D eigenvalue weighted by Crippen LogP contribution is 2.18. The number of ether oxygens (including phenoxy) is 1. The average molecular weight is 267 g/mol. The molecule has 2 rings (SSSR count). The van der Waals surface area contributed by atoms with Crippen LogP contribution in [-0.4, -0.2) is 12.6 Å². The minimum atomic E-state index is 0.201. The van der Waals surface area contributed by atoms with Crippen molar-refractivity contribution in [3.8, 4) is 5.75 Å². The molecule has 0 aromatic heterocycles. The Kier molecular flexibility index (Phi) is 4.83. The first kappa shape index (κ1) is 14.2. The summed E-state index contributed by atoms with van der Waals surface area (Å²) in [6.45, 7) is 8.89. The third kappa shape index (κ3) is 4.16. The summed E-state index contributed by atoms with van der Waals surface area (Å²) >= 11 is 0. The van der Waals surface area contributed by atoms with Crippen molar-refractivity contribution in [2.45, 2.75) is 20.0 Å². The standard InChI is InChI=1S/C18H21NO/c1-14(2)20-18-11-9-17(10-12-18)19-13-15(3)16-7-5-4-6-8-16/h4-12,14,19H,3,13H2,1-2H3. The molecular weight excluding hydrogens is 246 g/mol. The van der Waals surface area contributed by atoms with Gasteiger partial charge in [0.25, 0.3) is 0 Å². The molecule has 0 saturated carbocycles. The summed E-state index contributed by atoms with van der Waals surface area (Å²) in [5.41, 5.74) is 3.31. The van der Waals surface area contributed by atoms with Gasteiger partial charge in [-0.1, -0.05) is 36.9 Å². The van der Waals surface area contributed by atoms with E-state index in [1.165, 1.54) is 5.56 Å². The number of anilines is 1. The quantitative estimate of drug-likeness (QED) is 0.826. The molecule has 20 heavy (non-hydrogen) atoms. The molecule has 2 heteroatoms. The molecule has 0 fully saturated rings. The van der Waals surface area contributed by atoms with Crippen molar-refractivity contribution in [3.63, 3.8) is 0 Å². The average Bonchev–Trinajstić information content (AvgIpc) is 2.46. The summed E-state index contributed by atoms with van der Waals surface area (Å²) in [5, 5.41) is 3.37. The Balaban J connectivity index is 1.89. The van der Waals surface area contributed by atoms with Crippen LogP contribution in [0.3, 0.4) is 0 Å². The molecule has 0 heterocycles. The minimum Gasteiger partial charge on any atom is -0.491 e. The van der Waals surface area contributed by atoms with Crippen molar-refractivity contribution in [2.24, 2.45) is 0 Å². The molecule has 0 aliphatic rings. The normalized spacial score (nSPS) is 10.3. The lowest BCUT2D eigenvalue weighted by Gasteiger charge is -2.12. The molecule has 2 aromatic rings. The van der Waals surface area contributed by atoms with Gasteiger partial charge in [0.15, 0.2) is 0 Å². The molecule has 0 aliphatic carbocycles. The molecule has 2 aromatic carbocycles. The van der Waals surface area contributed by atoms with Crippen LogP contribution in [0.2, 0.25) is 0 Å². The Morgan fingerprint density at radius 3 is 2.30 bits per heavy atom. The van der Waals surface area contributed by atoms with Crippen molar-refractivity contribution in [3.05, 3.63) is 66.7 Å². The Bertz CT molecular complexity index is 543. The first-order chi connectivity index (χ1) is 9.65. The molecule has 0 bridgehead atoms. The van der Waals surface area contributed by atoms with Gasteiger partial charge in [-0.2, -0.15) is 0 Å². The molecule has 0 atom stereocenters. The Morgan fingerprint density at radius 2 is 1.70 bits per heavy atom. The fraction of sp³-hybridized carbons (Fsp3) is 0.222. The van der Waals surface area contributed by atoms with Crippen LogP contribution in [0.5, 0.6) is 5.75 Å². The van der Waals surface area contributed by atoms with Gasteiger partial charge in [-0.3, -0.25) is 0 Å². The number of hydrogen-bond acceptors (Lipinski definition) is 2. The van der Waals surface area contributed by atoms with Gasteiger partial charge in [-0.05, 0) is 49.2 Å². The van der Waals surface area contributed by atoms with E-state index in [1.54, 1.807) is 0 Å². The Hall–Kier alpha value is -2.22. The largest absolute Gasteiger partial charge is 0.491 e. The zero-order valence-corrected chi connectivity index (χ0v) is 12.1. The first-order valence-electron chi connectivity index (χ1n) is 6.89. The van der Waals surface area contributed by atoms with Crippen molar-refractivity contribution in [1.29, 1.82) is 0 Å². The Morgan fingerprint density at radius 1 is 1.05 bits per heavy atom. The van der Waals surface area contributed by atoms with Gasteiger partial charge in [-0.25, -0.2) is 0 Å². The summed E-state index contributed by atoms with van der Waals surface area (Å²) in [6, 6.07) is 18.2. The highest BCUT2D eigenvalue weighted by atomic mass is 16.5. The smallest absolute Gasteiger partial charge is 0.119 e. The van der Waals surface area contributed by atoms with Crippen molar-refractivity contribution < 1.29 is 4.74 Å². The molecular formula is C18H21NO. The third-order valence-electron chi connectivity index (χ3n) is 2.91. The monoisotopic (exact) mass is 267 g/mol. The molecule has 1 N–H and O–H groups in total. The Labute approximate surface area is 121 Å². The molecule has 0 aliphatic heterocycles.